The summed E-state index contributed by atoms with van der Waals surface area (Å²) in [5.41, 5.74) is -0.396. The molecule has 24 heavy (non-hydrogen) atoms. The molecule has 1 aliphatic heterocycles. The molecule has 0 unspecified atom stereocenters. The first-order valence-corrected chi connectivity index (χ1v) is 7.44. The van der Waals surface area contributed by atoms with Crippen LogP contribution in [0.25, 0.3) is 0 Å². The van der Waals surface area contributed by atoms with Gasteiger partial charge in [0.25, 0.3) is 5.91 Å². The highest BCUT2D eigenvalue weighted by molar-refractivity contribution is 6.06. The third kappa shape index (κ3) is 3.58. The maximum absolute atomic E-state index is 12.0. The molecule has 0 atom stereocenters. The van der Waals surface area contributed by atoms with E-state index in [0.29, 0.717) is 17.2 Å². The molecule has 0 bridgehead atoms. The summed E-state index contributed by atoms with van der Waals surface area (Å²) < 4.78 is 10.3. The summed E-state index contributed by atoms with van der Waals surface area (Å²) in [5.74, 6) is 0.391. The van der Waals surface area contributed by atoms with Crippen molar-refractivity contribution in [1.29, 1.82) is 0 Å². The van der Waals surface area contributed by atoms with Gasteiger partial charge in [0.1, 0.15) is 5.54 Å². The summed E-state index contributed by atoms with van der Waals surface area (Å²) in [6.07, 6.45) is 0.00356. The second-order valence-corrected chi connectivity index (χ2v) is 5.88. The van der Waals surface area contributed by atoms with Crippen molar-refractivity contribution >= 4 is 23.5 Å². The summed E-state index contributed by atoms with van der Waals surface area (Å²) in [5, 5.41) is 5.27. The maximum Gasteiger partial charge on any atom is 0.325 e. The van der Waals surface area contributed by atoms with E-state index >= 15 is 0 Å². The monoisotopic (exact) mass is 335 g/mol. The lowest BCUT2D eigenvalue weighted by Gasteiger charge is -2.16. The van der Waals surface area contributed by atoms with Gasteiger partial charge >= 0.3 is 6.03 Å². The van der Waals surface area contributed by atoms with E-state index < -0.39 is 11.6 Å². The van der Waals surface area contributed by atoms with E-state index in [9.17, 15) is 14.4 Å². The van der Waals surface area contributed by atoms with Crippen molar-refractivity contribution in [1.82, 2.24) is 10.2 Å². The summed E-state index contributed by atoms with van der Waals surface area (Å²) >= 11 is 0. The second kappa shape index (κ2) is 6.77. The number of carbonyl (C=O) groups is 3. The highest BCUT2D eigenvalue weighted by Gasteiger charge is 2.43. The van der Waals surface area contributed by atoms with Gasteiger partial charge in [0.15, 0.2) is 11.5 Å². The van der Waals surface area contributed by atoms with Gasteiger partial charge in [-0.25, -0.2) is 4.79 Å². The quantitative estimate of drug-likeness (QED) is 0.765. The van der Waals surface area contributed by atoms with Crippen LogP contribution in [-0.4, -0.2) is 49.0 Å². The average molecular weight is 335 g/mol. The third-order valence-corrected chi connectivity index (χ3v) is 3.67. The molecule has 8 heteroatoms. The summed E-state index contributed by atoms with van der Waals surface area (Å²) in [7, 11) is 3.03. The fraction of sp³-hybridized carbons (Fsp3) is 0.438. The van der Waals surface area contributed by atoms with Crippen LogP contribution in [0.5, 0.6) is 11.5 Å². The van der Waals surface area contributed by atoms with E-state index in [2.05, 4.69) is 10.6 Å². The predicted octanol–water partition coefficient (Wildman–Crippen LogP) is 1.36. The predicted molar refractivity (Wildman–Crippen MR) is 87.1 cm³/mol. The van der Waals surface area contributed by atoms with E-state index in [1.807, 2.05) is 0 Å². The van der Waals surface area contributed by atoms with E-state index in [1.165, 1.54) is 14.2 Å². The molecule has 0 spiro atoms. The van der Waals surface area contributed by atoms with Crippen LogP contribution in [0.2, 0.25) is 0 Å². The van der Waals surface area contributed by atoms with Gasteiger partial charge in [-0.2, -0.15) is 0 Å². The molecular formula is C16H21N3O5. The van der Waals surface area contributed by atoms with Crippen LogP contribution in [-0.2, 0) is 9.59 Å². The Morgan fingerprint density at radius 3 is 2.42 bits per heavy atom. The van der Waals surface area contributed by atoms with Crippen molar-refractivity contribution < 1.29 is 23.9 Å². The zero-order valence-corrected chi connectivity index (χ0v) is 14.1. The number of urea groups is 1. The number of nitrogens with zero attached hydrogens (tertiary/aromatic N) is 1. The first-order valence-electron chi connectivity index (χ1n) is 7.44. The molecule has 8 nitrogen and oxygen atoms in total. The van der Waals surface area contributed by atoms with Crippen LogP contribution in [0.3, 0.4) is 0 Å². The largest absolute Gasteiger partial charge is 0.493 e. The fourth-order valence-corrected chi connectivity index (χ4v) is 2.37. The molecule has 1 heterocycles. The van der Waals surface area contributed by atoms with Crippen molar-refractivity contribution in [2.75, 3.05) is 26.1 Å². The van der Waals surface area contributed by atoms with Crippen molar-refractivity contribution in [3.63, 3.8) is 0 Å². The Hall–Kier alpha value is -2.77. The normalized spacial score (nSPS) is 15.9. The van der Waals surface area contributed by atoms with Crippen LogP contribution in [0, 0.1) is 0 Å². The van der Waals surface area contributed by atoms with Crippen molar-refractivity contribution in [2.24, 2.45) is 0 Å². The highest BCUT2D eigenvalue weighted by Crippen LogP contribution is 2.29. The van der Waals surface area contributed by atoms with Gasteiger partial charge in [-0.05, 0) is 26.0 Å². The second-order valence-electron chi connectivity index (χ2n) is 5.88. The summed E-state index contributed by atoms with van der Waals surface area (Å²) in [6.45, 7) is 3.26. The number of imide groups is 1. The molecule has 0 saturated carbocycles. The molecule has 1 saturated heterocycles. The SMILES string of the molecule is COc1ccc(NC(=O)CCN2C(=O)NC(C)(C)C2=O)cc1OC. The molecule has 0 aromatic heterocycles. The molecule has 4 amide bonds. The van der Waals surface area contributed by atoms with Gasteiger partial charge in [-0.1, -0.05) is 0 Å². The number of carbonyl (C=O) groups excluding carboxylic acids is 3. The van der Waals surface area contributed by atoms with Crippen LogP contribution in [0.4, 0.5) is 10.5 Å². The zero-order chi connectivity index (χ0) is 17.9. The first kappa shape index (κ1) is 17.6. The number of benzene rings is 1. The zero-order valence-electron chi connectivity index (χ0n) is 14.1. The summed E-state index contributed by atoms with van der Waals surface area (Å²) in [6, 6.07) is 4.50. The van der Waals surface area contributed by atoms with Crippen molar-refractivity contribution in [3.05, 3.63) is 18.2 Å². The Morgan fingerprint density at radius 2 is 1.88 bits per heavy atom. The molecule has 2 N–H and O–H groups in total. The minimum Gasteiger partial charge on any atom is -0.493 e. The highest BCUT2D eigenvalue weighted by atomic mass is 16.5. The van der Waals surface area contributed by atoms with E-state index in [1.54, 1.807) is 32.0 Å². The standard InChI is InChI=1S/C16H21N3O5/c1-16(2)14(21)19(15(22)18-16)8-7-13(20)17-10-5-6-11(23-3)12(9-10)24-4/h5-6,9H,7-8H2,1-4H3,(H,17,20)(H,18,22). The molecule has 130 valence electrons. The third-order valence-electron chi connectivity index (χ3n) is 3.67. The number of anilines is 1. The van der Waals surface area contributed by atoms with E-state index in [0.717, 1.165) is 4.90 Å². The molecule has 1 aromatic carbocycles. The molecule has 2 rings (SSSR count). The fourth-order valence-electron chi connectivity index (χ4n) is 2.37. The summed E-state index contributed by atoms with van der Waals surface area (Å²) in [4.78, 5) is 36.9. The molecule has 0 radical (unpaired) electrons. The number of rotatable bonds is 6. The molecule has 0 aliphatic carbocycles. The Labute approximate surface area is 140 Å². The Morgan fingerprint density at radius 1 is 1.21 bits per heavy atom. The lowest BCUT2D eigenvalue weighted by Crippen LogP contribution is -2.40. The smallest absolute Gasteiger partial charge is 0.325 e. The minimum atomic E-state index is -0.934. The Kier molecular flexibility index (Phi) is 4.96. The Bertz CT molecular complexity index is 672. The van der Waals surface area contributed by atoms with Crippen LogP contribution < -0.4 is 20.1 Å². The van der Waals surface area contributed by atoms with Gasteiger partial charge in [0.2, 0.25) is 5.91 Å². The topological polar surface area (TPSA) is 97.0 Å². The Balaban J connectivity index is 1.95. The van der Waals surface area contributed by atoms with E-state index in [4.69, 9.17) is 9.47 Å². The van der Waals surface area contributed by atoms with E-state index in [-0.39, 0.29) is 24.8 Å². The number of ether oxygens (including phenoxy) is 2. The van der Waals surface area contributed by atoms with Crippen LogP contribution >= 0.6 is 0 Å². The maximum atomic E-state index is 12.0. The number of hydrogen-bond acceptors (Lipinski definition) is 5. The molecule has 1 aliphatic rings. The van der Waals surface area contributed by atoms with Crippen LogP contribution in [0.1, 0.15) is 20.3 Å². The number of methoxy groups -OCH3 is 2. The van der Waals surface area contributed by atoms with Crippen LogP contribution in [0.15, 0.2) is 18.2 Å². The molecular weight excluding hydrogens is 314 g/mol. The van der Waals surface area contributed by atoms with Gasteiger partial charge in [0, 0.05) is 24.7 Å². The minimum absolute atomic E-state index is 0.00356. The van der Waals surface area contributed by atoms with Crippen molar-refractivity contribution in [3.8, 4) is 11.5 Å². The van der Waals surface area contributed by atoms with Gasteiger partial charge in [-0.3, -0.25) is 14.5 Å². The van der Waals surface area contributed by atoms with Gasteiger partial charge in [-0.15, -0.1) is 0 Å². The van der Waals surface area contributed by atoms with Gasteiger partial charge in [0.05, 0.1) is 14.2 Å². The number of amides is 4. The van der Waals surface area contributed by atoms with Crippen molar-refractivity contribution in [2.45, 2.75) is 25.8 Å². The van der Waals surface area contributed by atoms with Gasteiger partial charge < -0.3 is 20.1 Å². The molecule has 1 aromatic rings. The number of nitrogens with one attached hydrogen (secondary N) is 2. The molecule has 1 fully saturated rings. The number of hydrogen-bond donors (Lipinski definition) is 2. The average Bonchev–Trinajstić information content (AvgIpc) is 2.73. The lowest BCUT2D eigenvalue weighted by molar-refractivity contribution is -0.130. The first-order chi connectivity index (χ1) is 11.3. The lowest BCUT2D eigenvalue weighted by atomic mass is 10.1.